The van der Waals surface area contributed by atoms with Crippen molar-refractivity contribution in [3.8, 4) is 0 Å². The van der Waals surface area contributed by atoms with Gasteiger partial charge in [0.15, 0.2) is 4.96 Å². The normalized spacial score (nSPS) is 15.6. The third kappa shape index (κ3) is 2.51. The maximum Gasteiger partial charge on any atom is 0.193 e. The summed E-state index contributed by atoms with van der Waals surface area (Å²) in [7, 11) is 1.61. The number of ether oxygens (including phenoxy) is 1. The molecule has 1 unspecified atom stereocenters. The first-order valence-electron chi connectivity index (χ1n) is 5.67. The predicted molar refractivity (Wildman–Crippen MR) is 68.4 cm³/mol. The molecule has 2 aromatic rings. The number of nitrogens with zero attached hydrogens (tertiary/aromatic N) is 2. The average Bonchev–Trinajstić information content (AvgIpc) is 2.77. The standard InChI is InChI=1S/C12H18N2O2S/c1-9(2)12(15,8-16-3)6-10-7-14-4-5-17-11(14)13-10/h4-5,7,9,15H,6,8H2,1-3H3. The Morgan fingerprint density at radius 3 is 2.94 bits per heavy atom. The summed E-state index contributed by atoms with van der Waals surface area (Å²) in [5.74, 6) is 0.127. The highest BCUT2D eigenvalue weighted by Crippen LogP contribution is 2.23. The summed E-state index contributed by atoms with van der Waals surface area (Å²) < 4.78 is 7.09. The number of aromatic nitrogens is 2. The molecule has 0 aliphatic rings. The van der Waals surface area contributed by atoms with Crippen molar-refractivity contribution in [2.24, 2.45) is 5.92 Å². The molecule has 0 fully saturated rings. The van der Waals surface area contributed by atoms with Crippen LogP contribution < -0.4 is 0 Å². The van der Waals surface area contributed by atoms with E-state index in [0.29, 0.717) is 13.0 Å². The molecule has 0 saturated carbocycles. The molecule has 2 rings (SSSR count). The van der Waals surface area contributed by atoms with Crippen LogP contribution >= 0.6 is 11.3 Å². The van der Waals surface area contributed by atoms with E-state index in [1.54, 1.807) is 18.4 Å². The Balaban J connectivity index is 2.20. The minimum absolute atomic E-state index is 0.127. The van der Waals surface area contributed by atoms with Crippen molar-refractivity contribution >= 4 is 16.3 Å². The molecule has 0 spiro atoms. The fourth-order valence-corrected chi connectivity index (χ4v) is 2.57. The first-order chi connectivity index (χ1) is 8.05. The van der Waals surface area contributed by atoms with Crippen LogP contribution in [-0.2, 0) is 11.2 Å². The lowest BCUT2D eigenvalue weighted by molar-refractivity contribution is -0.0642. The second-order valence-corrected chi connectivity index (χ2v) is 5.57. The zero-order valence-electron chi connectivity index (χ0n) is 10.4. The molecule has 94 valence electrons. The molecule has 1 N–H and O–H groups in total. The summed E-state index contributed by atoms with van der Waals surface area (Å²) >= 11 is 1.59. The van der Waals surface area contributed by atoms with Crippen molar-refractivity contribution in [1.29, 1.82) is 0 Å². The van der Waals surface area contributed by atoms with E-state index in [0.717, 1.165) is 10.7 Å². The van der Waals surface area contributed by atoms with Gasteiger partial charge in [0.2, 0.25) is 0 Å². The number of rotatable bonds is 5. The van der Waals surface area contributed by atoms with Crippen LogP contribution in [-0.4, -0.2) is 33.8 Å². The van der Waals surface area contributed by atoms with E-state index in [2.05, 4.69) is 4.98 Å². The van der Waals surface area contributed by atoms with E-state index < -0.39 is 5.60 Å². The second-order valence-electron chi connectivity index (χ2n) is 4.69. The van der Waals surface area contributed by atoms with Gasteiger partial charge in [-0.1, -0.05) is 13.8 Å². The molecule has 5 heteroatoms. The minimum Gasteiger partial charge on any atom is -0.387 e. The molecule has 4 nitrogen and oxygen atoms in total. The molecule has 0 bridgehead atoms. The average molecular weight is 254 g/mol. The molecule has 2 heterocycles. The first-order valence-corrected chi connectivity index (χ1v) is 6.55. The van der Waals surface area contributed by atoms with Gasteiger partial charge in [-0.25, -0.2) is 4.98 Å². The van der Waals surface area contributed by atoms with Gasteiger partial charge in [-0.05, 0) is 5.92 Å². The lowest BCUT2D eigenvalue weighted by Crippen LogP contribution is -2.42. The van der Waals surface area contributed by atoms with Gasteiger partial charge in [-0.3, -0.25) is 4.40 Å². The van der Waals surface area contributed by atoms with Gasteiger partial charge >= 0.3 is 0 Å². The first kappa shape index (κ1) is 12.5. The number of aliphatic hydroxyl groups is 1. The van der Waals surface area contributed by atoms with Crippen LogP contribution in [0, 0.1) is 5.92 Å². The highest BCUT2D eigenvalue weighted by Gasteiger charge is 2.32. The van der Waals surface area contributed by atoms with Crippen molar-refractivity contribution in [1.82, 2.24) is 9.38 Å². The number of fused-ring (bicyclic) bond motifs is 1. The molecular weight excluding hydrogens is 236 g/mol. The molecule has 0 aliphatic carbocycles. The highest BCUT2D eigenvalue weighted by atomic mass is 32.1. The molecular formula is C12H18N2O2S. The smallest absolute Gasteiger partial charge is 0.193 e. The van der Waals surface area contributed by atoms with Gasteiger partial charge in [0.05, 0.1) is 17.9 Å². The molecule has 0 radical (unpaired) electrons. The van der Waals surface area contributed by atoms with E-state index in [4.69, 9.17) is 4.74 Å². The maximum absolute atomic E-state index is 10.5. The van der Waals surface area contributed by atoms with Crippen molar-refractivity contribution in [3.63, 3.8) is 0 Å². The summed E-state index contributed by atoms with van der Waals surface area (Å²) in [5.41, 5.74) is 0.0591. The molecule has 0 saturated heterocycles. The third-order valence-electron chi connectivity index (χ3n) is 3.10. The highest BCUT2D eigenvalue weighted by molar-refractivity contribution is 7.15. The van der Waals surface area contributed by atoms with Crippen molar-refractivity contribution in [2.45, 2.75) is 25.9 Å². The molecule has 1 atom stereocenters. The van der Waals surface area contributed by atoms with Crippen LogP contribution in [0.4, 0.5) is 0 Å². The van der Waals surface area contributed by atoms with Crippen LogP contribution in [0.2, 0.25) is 0 Å². The Bertz CT molecular complexity index is 463. The Hall–Kier alpha value is -0.910. The number of thiazole rings is 1. The van der Waals surface area contributed by atoms with E-state index in [1.807, 2.05) is 36.0 Å². The van der Waals surface area contributed by atoms with Crippen LogP contribution in [0.25, 0.3) is 4.96 Å². The van der Waals surface area contributed by atoms with E-state index in [-0.39, 0.29) is 5.92 Å². The Labute approximate surface area is 105 Å². The van der Waals surface area contributed by atoms with Crippen LogP contribution in [0.15, 0.2) is 17.8 Å². The third-order valence-corrected chi connectivity index (χ3v) is 3.87. The molecule has 0 amide bonds. The monoisotopic (exact) mass is 254 g/mol. The number of hydrogen-bond donors (Lipinski definition) is 1. The predicted octanol–water partition coefficient (Wildman–Crippen LogP) is 1.97. The van der Waals surface area contributed by atoms with Gasteiger partial charge in [-0.2, -0.15) is 0 Å². The van der Waals surface area contributed by atoms with Crippen molar-refractivity contribution < 1.29 is 9.84 Å². The van der Waals surface area contributed by atoms with Gasteiger partial charge in [-0.15, -0.1) is 11.3 Å². The van der Waals surface area contributed by atoms with Crippen molar-refractivity contribution in [3.05, 3.63) is 23.5 Å². The molecule has 17 heavy (non-hydrogen) atoms. The fraction of sp³-hybridized carbons (Fsp3) is 0.583. The van der Waals surface area contributed by atoms with E-state index >= 15 is 0 Å². The van der Waals surface area contributed by atoms with E-state index in [1.165, 1.54) is 0 Å². The topological polar surface area (TPSA) is 46.8 Å². The molecule has 0 aliphatic heterocycles. The SMILES string of the molecule is COCC(O)(Cc1cn2ccsc2n1)C(C)C. The van der Waals surface area contributed by atoms with E-state index in [9.17, 15) is 5.11 Å². The summed E-state index contributed by atoms with van der Waals surface area (Å²) in [6.45, 7) is 4.32. The number of imidazole rings is 1. The Kier molecular flexibility index (Phi) is 3.51. The largest absolute Gasteiger partial charge is 0.387 e. The zero-order chi connectivity index (χ0) is 12.5. The number of methoxy groups -OCH3 is 1. The maximum atomic E-state index is 10.5. The van der Waals surface area contributed by atoms with Gasteiger partial charge in [0.25, 0.3) is 0 Å². The summed E-state index contributed by atoms with van der Waals surface area (Å²) in [5, 5.41) is 12.5. The lowest BCUT2D eigenvalue weighted by Gasteiger charge is -2.30. The zero-order valence-corrected chi connectivity index (χ0v) is 11.2. The van der Waals surface area contributed by atoms with Gasteiger partial charge in [0, 0.05) is 31.3 Å². The van der Waals surface area contributed by atoms with Gasteiger partial charge in [0.1, 0.15) is 0 Å². The number of hydrogen-bond acceptors (Lipinski definition) is 4. The fourth-order valence-electron chi connectivity index (χ4n) is 1.85. The minimum atomic E-state index is -0.848. The van der Waals surface area contributed by atoms with Crippen LogP contribution in [0.1, 0.15) is 19.5 Å². The van der Waals surface area contributed by atoms with Gasteiger partial charge < -0.3 is 9.84 Å². The summed E-state index contributed by atoms with van der Waals surface area (Å²) in [6.07, 6.45) is 4.46. The summed E-state index contributed by atoms with van der Waals surface area (Å²) in [6, 6.07) is 0. The second kappa shape index (κ2) is 4.76. The Morgan fingerprint density at radius 2 is 2.35 bits per heavy atom. The van der Waals surface area contributed by atoms with Crippen molar-refractivity contribution in [2.75, 3.05) is 13.7 Å². The molecule has 2 aromatic heterocycles. The quantitative estimate of drug-likeness (QED) is 0.887. The summed E-state index contributed by atoms with van der Waals surface area (Å²) in [4.78, 5) is 5.45. The molecule has 0 aromatic carbocycles. The van der Waals surface area contributed by atoms with Crippen LogP contribution in [0.5, 0.6) is 0 Å². The lowest BCUT2D eigenvalue weighted by atomic mass is 9.87. The Morgan fingerprint density at radius 1 is 1.59 bits per heavy atom. The van der Waals surface area contributed by atoms with Crippen LogP contribution in [0.3, 0.4) is 0 Å².